The van der Waals surface area contributed by atoms with Crippen LogP contribution in [0.1, 0.15) is 10.4 Å². The molecular weight excluding hydrogens is 188 g/mol. The van der Waals surface area contributed by atoms with Crippen molar-refractivity contribution in [3.05, 3.63) is 23.2 Å². The highest BCUT2D eigenvalue weighted by Crippen LogP contribution is 2.26. The normalized spacial score (nSPS) is 10.5. The number of aromatic carboxylic acids is 1. The number of aromatic nitrogens is 1. The van der Waals surface area contributed by atoms with Gasteiger partial charge >= 0.3 is 5.97 Å². The highest BCUT2D eigenvalue weighted by atomic mass is 32.1. The molecule has 0 amide bonds. The second kappa shape index (κ2) is 2.70. The lowest BCUT2D eigenvalue weighted by molar-refractivity contribution is 0.0699. The summed E-state index contributed by atoms with van der Waals surface area (Å²) in [5, 5.41) is 8.83. The SMILES string of the molecule is Nc1ccc(C(=O)O)c2scnc12. The minimum atomic E-state index is -0.950. The van der Waals surface area contributed by atoms with Gasteiger partial charge in [-0.25, -0.2) is 9.78 Å². The number of carbonyl (C=O) groups is 1. The number of thiazole rings is 1. The molecule has 1 aromatic carbocycles. The molecule has 2 rings (SSSR count). The number of benzene rings is 1. The van der Waals surface area contributed by atoms with Crippen molar-refractivity contribution in [1.29, 1.82) is 0 Å². The quantitative estimate of drug-likeness (QED) is 0.675. The number of hydrogen-bond donors (Lipinski definition) is 2. The van der Waals surface area contributed by atoms with Crippen LogP contribution in [0.2, 0.25) is 0 Å². The van der Waals surface area contributed by atoms with E-state index in [2.05, 4.69) is 4.98 Å². The fourth-order valence-corrected chi connectivity index (χ4v) is 1.97. The van der Waals surface area contributed by atoms with Gasteiger partial charge in [-0.15, -0.1) is 11.3 Å². The minimum absolute atomic E-state index is 0.256. The number of carboxylic acid groups (broad SMARTS) is 1. The molecule has 0 bridgehead atoms. The monoisotopic (exact) mass is 194 g/mol. The lowest BCUT2D eigenvalue weighted by atomic mass is 10.2. The minimum Gasteiger partial charge on any atom is -0.478 e. The molecule has 0 aliphatic carbocycles. The molecule has 3 N–H and O–H groups in total. The molecule has 66 valence electrons. The van der Waals surface area contributed by atoms with Crippen LogP contribution in [-0.2, 0) is 0 Å². The van der Waals surface area contributed by atoms with Crippen molar-refractivity contribution in [2.75, 3.05) is 5.73 Å². The highest BCUT2D eigenvalue weighted by Gasteiger charge is 2.11. The summed E-state index contributed by atoms with van der Waals surface area (Å²) in [5.41, 5.74) is 8.56. The molecule has 0 saturated carbocycles. The molecule has 0 spiro atoms. The molecule has 0 aliphatic heterocycles. The van der Waals surface area contributed by atoms with E-state index in [-0.39, 0.29) is 5.56 Å². The molecule has 0 unspecified atom stereocenters. The number of hydrogen-bond acceptors (Lipinski definition) is 4. The van der Waals surface area contributed by atoms with Crippen LogP contribution in [0.5, 0.6) is 0 Å². The molecule has 0 fully saturated rings. The van der Waals surface area contributed by atoms with Gasteiger partial charge in [-0.05, 0) is 12.1 Å². The number of nitrogens with zero attached hydrogens (tertiary/aromatic N) is 1. The summed E-state index contributed by atoms with van der Waals surface area (Å²) in [6, 6.07) is 3.06. The maximum absolute atomic E-state index is 10.8. The summed E-state index contributed by atoms with van der Waals surface area (Å²) in [6.07, 6.45) is 0. The van der Waals surface area contributed by atoms with Gasteiger partial charge in [-0.3, -0.25) is 0 Å². The maximum Gasteiger partial charge on any atom is 0.337 e. The van der Waals surface area contributed by atoms with Crippen LogP contribution in [0.15, 0.2) is 17.6 Å². The van der Waals surface area contributed by atoms with E-state index in [9.17, 15) is 4.79 Å². The lowest BCUT2D eigenvalue weighted by Crippen LogP contribution is -1.97. The zero-order chi connectivity index (χ0) is 9.42. The molecule has 5 heteroatoms. The first-order valence-electron chi connectivity index (χ1n) is 3.55. The van der Waals surface area contributed by atoms with Crippen LogP contribution in [0.3, 0.4) is 0 Å². The Labute approximate surface area is 77.6 Å². The summed E-state index contributed by atoms with van der Waals surface area (Å²) < 4.78 is 0.632. The predicted molar refractivity (Wildman–Crippen MR) is 51.0 cm³/mol. The van der Waals surface area contributed by atoms with E-state index in [0.29, 0.717) is 15.9 Å². The van der Waals surface area contributed by atoms with E-state index in [1.165, 1.54) is 17.4 Å². The Balaban J connectivity index is 2.86. The fourth-order valence-electron chi connectivity index (χ4n) is 1.14. The van der Waals surface area contributed by atoms with Crippen molar-refractivity contribution in [3.63, 3.8) is 0 Å². The summed E-state index contributed by atoms with van der Waals surface area (Å²) in [4.78, 5) is 14.8. The highest BCUT2D eigenvalue weighted by molar-refractivity contribution is 7.17. The zero-order valence-electron chi connectivity index (χ0n) is 6.52. The van der Waals surface area contributed by atoms with E-state index in [0.717, 1.165) is 0 Å². The van der Waals surface area contributed by atoms with Crippen molar-refractivity contribution < 1.29 is 9.90 Å². The Morgan fingerprint density at radius 1 is 1.54 bits per heavy atom. The first kappa shape index (κ1) is 8.00. The molecule has 0 atom stereocenters. The Kier molecular flexibility index (Phi) is 1.66. The molecule has 0 radical (unpaired) electrons. The average Bonchev–Trinajstić information content (AvgIpc) is 2.53. The molecule has 0 saturated heterocycles. The largest absolute Gasteiger partial charge is 0.478 e. The summed E-state index contributed by atoms with van der Waals surface area (Å²) in [6.45, 7) is 0. The van der Waals surface area contributed by atoms with Gasteiger partial charge in [-0.2, -0.15) is 0 Å². The molecule has 13 heavy (non-hydrogen) atoms. The molecule has 2 aromatic rings. The van der Waals surface area contributed by atoms with Crippen LogP contribution < -0.4 is 5.73 Å². The van der Waals surface area contributed by atoms with Crippen LogP contribution in [0, 0.1) is 0 Å². The van der Waals surface area contributed by atoms with Gasteiger partial charge < -0.3 is 10.8 Å². The van der Waals surface area contributed by atoms with E-state index in [1.807, 2.05) is 0 Å². The number of anilines is 1. The van der Waals surface area contributed by atoms with Gasteiger partial charge in [0.05, 0.1) is 21.5 Å². The second-order valence-electron chi connectivity index (χ2n) is 2.54. The maximum atomic E-state index is 10.8. The third-order valence-electron chi connectivity index (χ3n) is 1.75. The van der Waals surface area contributed by atoms with Crippen LogP contribution in [0.4, 0.5) is 5.69 Å². The fraction of sp³-hybridized carbons (Fsp3) is 0. The zero-order valence-corrected chi connectivity index (χ0v) is 7.34. The van der Waals surface area contributed by atoms with Crippen molar-refractivity contribution >= 4 is 33.2 Å². The molecule has 1 heterocycles. The van der Waals surface area contributed by atoms with Gasteiger partial charge in [0.25, 0.3) is 0 Å². The van der Waals surface area contributed by atoms with Gasteiger partial charge in [0, 0.05) is 0 Å². The lowest BCUT2D eigenvalue weighted by Gasteiger charge is -1.97. The summed E-state index contributed by atoms with van der Waals surface area (Å²) in [7, 11) is 0. The van der Waals surface area contributed by atoms with E-state index >= 15 is 0 Å². The van der Waals surface area contributed by atoms with Crippen molar-refractivity contribution in [2.45, 2.75) is 0 Å². The standard InChI is InChI=1S/C8H6N2O2S/c9-5-2-1-4(8(11)12)7-6(5)10-3-13-7/h1-3H,9H2,(H,11,12). The van der Waals surface area contributed by atoms with E-state index in [4.69, 9.17) is 10.8 Å². The topological polar surface area (TPSA) is 76.2 Å². The third-order valence-corrected chi connectivity index (χ3v) is 2.61. The number of fused-ring (bicyclic) bond motifs is 1. The molecule has 4 nitrogen and oxygen atoms in total. The first-order chi connectivity index (χ1) is 6.20. The van der Waals surface area contributed by atoms with Crippen molar-refractivity contribution in [2.24, 2.45) is 0 Å². The number of carboxylic acids is 1. The van der Waals surface area contributed by atoms with Gasteiger partial charge in [-0.1, -0.05) is 0 Å². The third kappa shape index (κ3) is 1.13. The van der Waals surface area contributed by atoms with Gasteiger partial charge in [0.1, 0.15) is 5.52 Å². The predicted octanol–water partition coefficient (Wildman–Crippen LogP) is 1.58. The smallest absolute Gasteiger partial charge is 0.337 e. The average molecular weight is 194 g/mol. The molecule has 0 aliphatic rings. The van der Waals surface area contributed by atoms with E-state index < -0.39 is 5.97 Å². The first-order valence-corrected chi connectivity index (χ1v) is 4.43. The Hall–Kier alpha value is -1.62. The van der Waals surface area contributed by atoms with Crippen molar-refractivity contribution in [1.82, 2.24) is 4.98 Å². The number of nitrogens with two attached hydrogens (primary N) is 1. The van der Waals surface area contributed by atoms with Gasteiger partial charge in [0.2, 0.25) is 0 Å². The number of nitrogen functional groups attached to an aromatic ring is 1. The second-order valence-corrected chi connectivity index (χ2v) is 3.39. The Bertz CT molecular complexity index is 478. The molecule has 1 aromatic heterocycles. The van der Waals surface area contributed by atoms with Crippen LogP contribution >= 0.6 is 11.3 Å². The Morgan fingerprint density at radius 3 is 3.00 bits per heavy atom. The molecular formula is C8H6N2O2S. The number of rotatable bonds is 1. The van der Waals surface area contributed by atoms with Crippen LogP contribution in [-0.4, -0.2) is 16.1 Å². The van der Waals surface area contributed by atoms with E-state index in [1.54, 1.807) is 11.6 Å². The van der Waals surface area contributed by atoms with Crippen LogP contribution in [0.25, 0.3) is 10.2 Å². The summed E-state index contributed by atoms with van der Waals surface area (Å²) >= 11 is 1.28. The Morgan fingerprint density at radius 2 is 2.31 bits per heavy atom. The summed E-state index contributed by atoms with van der Waals surface area (Å²) in [5.74, 6) is -0.950. The van der Waals surface area contributed by atoms with Crippen molar-refractivity contribution in [3.8, 4) is 0 Å². The van der Waals surface area contributed by atoms with Gasteiger partial charge in [0.15, 0.2) is 0 Å².